The monoisotopic (exact) mass is 246 g/mol. The van der Waals surface area contributed by atoms with Gasteiger partial charge in [-0.25, -0.2) is 0 Å². The van der Waals surface area contributed by atoms with Gasteiger partial charge in [0.2, 0.25) is 5.91 Å². The van der Waals surface area contributed by atoms with E-state index in [0.717, 1.165) is 19.5 Å². The molecule has 1 aromatic rings. The highest BCUT2D eigenvalue weighted by atomic mass is 16.2. The normalized spacial score (nSPS) is 24.0. The first-order valence-electron chi connectivity index (χ1n) is 6.73. The van der Waals surface area contributed by atoms with Gasteiger partial charge in [-0.05, 0) is 25.8 Å². The summed E-state index contributed by atoms with van der Waals surface area (Å²) in [7, 11) is 0. The molecule has 1 heterocycles. The van der Waals surface area contributed by atoms with Gasteiger partial charge in [0.1, 0.15) is 0 Å². The molecule has 1 aliphatic rings. The van der Waals surface area contributed by atoms with Crippen LogP contribution < -0.4 is 5.32 Å². The second-order valence-electron chi connectivity index (χ2n) is 5.19. The number of amides is 1. The molecule has 3 nitrogen and oxygen atoms in total. The van der Waals surface area contributed by atoms with Crippen molar-refractivity contribution in [3.63, 3.8) is 0 Å². The van der Waals surface area contributed by atoms with Crippen molar-refractivity contribution < 1.29 is 4.79 Å². The molecule has 0 radical (unpaired) electrons. The number of nitrogens with zero attached hydrogens (tertiary/aromatic N) is 1. The van der Waals surface area contributed by atoms with Crippen molar-refractivity contribution in [2.24, 2.45) is 0 Å². The van der Waals surface area contributed by atoms with E-state index >= 15 is 0 Å². The Morgan fingerprint density at radius 3 is 2.78 bits per heavy atom. The minimum atomic E-state index is 0.278. The van der Waals surface area contributed by atoms with Gasteiger partial charge >= 0.3 is 0 Å². The van der Waals surface area contributed by atoms with Crippen LogP contribution in [0, 0.1) is 0 Å². The summed E-state index contributed by atoms with van der Waals surface area (Å²) in [6.45, 7) is 5.97. The van der Waals surface area contributed by atoms with Crippen LogP contribution in [0.25, 0.3) is 0 Å². The molecule has 0 bridgehead atoms. The second-order valence-corrected chi connectivity index (χ2v) is 5.19. The maximum Gasteiger partial charge on any atom is 0.223 e. The predicted molar refractivity (Wildman–Crippen MR) is 73.4 cm³/mol. The Labute approximate surface area is 109 Å². The van der Waals surface area contributed by atoms with Crippen LogP contribution in [0.2, 0.25) is 0 Å². The lowest BCUT2D eigenvalue weighted by molar-refractivity contribution is -0.134. The van der Waals surface area contributed by atoms with Gasteiger partial charge in [-0.1, -0.05) is 30.3 Å². The Kier molecular flexibility index (Phi) is 4.37. The van der Waals surface area contributed by atoms with Gasteiger partial charge in [-0.15, -0.1) is 0 Å². The SMILES string of the molecule is CC1CN(C(=O)CCc2ccccc2)C(C)CN1. The van der Waals surface area contributed by atoms with Crippen LogP contribution in [-0.4, -0.2) is 36.0 Å². The van der Waals surface area contributed by atoms with Crippen molar-refractivity contribution >= 4 is 5.91 Å². The van der Waals surface area contributed by atoms with Crippen molar-refractivity contribution in [3.05, 3.63) is 35.9 Å². The van der Waals surface area contributed by atoms with Gasteiger partial charge in [0.25, 0.3) is 0 Å². The molecule has 1 saturated heterocycles. The standard InChI is InChI=1S/C15H22N2O/c1-12-11-17(13(2)10-16-12)15(18)9-8-14-6-4-3-5-7-14/h3-7,12-13,16H,8-11H2,1-2H3. The number of carbonyl (C=O) groups excluding carboxylic acids is 1. The van der Waals surface area contributed by atoms with E-state index in [2.05, 4.69) is 31.3 Å². The molecule has 0 saturated carbocycles. The topological polar surface area (TPSA) is 32.3 Å². The van der Waals surface area contributed by atoms with Crippen LogP contribution in [0.3, 0.4) is 0 Å². The lowest BCUT2D eigenvalue weighted by Crippen LogP contribution is -2.56. The van der Waals surface area contributed by atoms with Crippen LogP contribution in [0.1, 0.15) is 25.8 Å². The highest BCUT2D eigenvalue weighted by Crippen LogP contribution is 2.11. The Bertz CT molecular complexity index is 391. The Morgan fingerprint density at radius 2 is 2.06 bits per heavy atom. The number of hydrogen-bond donors (Lipinski definition) is 1. The molecule has 1 amide bonds. The zero-order valence-electron chi connectivity index (χ0n) is 11.2. The first-order chi connectivity index (χ1) is 8.66. The molecule has 2 unspecified atom stereocenters. The summed E-state index contributed by atoms with van der Waals surface area (Å²) in [5.41, 5.74) is 1.24. The van der Waals surface area contributed by atoms with E-state index in [0.29, 0.717) is 18.5 Å². The molecular formula is C15H22N2O. The highest BCUT2D eigenvalue weighted by Gasteiger charge is 2.25. The minimum absolute atomic E-state index is 0.278. The number of nitrogens with one attached hydrogen (secondary N) is 1. The molecule has 98 valence electrons. The van der Waals surface area contributed by atoms with E-state index in [1.807, 2.05) is 23.1 Å². The minimum Gasteiger partial charge on any atom is -0.337 e. The zero-order valence-corrected chi connectivity index (χ0v) is 11.2. The summed E-state index contributed by atoms with van der Waals surface area (Å²) in [4.78, 5) is 14.2. The van der Waals surface area contributed by atoms with Gasteiger partial charge in [-0.3, -0.25) is 4.79 Å². The van der Waals surface area contributed by atoms with Crippen LogP contribution in [0.15, 0.2) is 30.3 Å². The van der Waals surface area contributed by atoms with E-state index in [1.165, 1.54) is 5.56 Å². The predicted octanol–water partition coefficient (Wildman–Crippen LogP) is 1.83. The van der Waals surface area contributed by atoms with Crippen molar-refractivity contribution in [1.29, 1.82) is 0 Å². The molecule has 1 N–H and O–H groups in total. The molecule has 0 aliphatic carbocycles. The Hall–Kier alpha value is -1.35. The second kappa shape index (κ2) is 6.01. The van der Waals surface area contributed by atoms with Gasteiger partial charge in [0.15, 0.2) is 0 Å². The van der Waals surface area contributed by atoms with E-state index in [1.54, 1.807) is 0 Å². The van der Waals surface area contributed by atoms with Gasteiger partial charge in [-0.2, -0.15) is 0 Å². The summed E-state index contributed by atoms with van der Waals surface area (Å²) in [5, 5.41) is 3.40. The number of piperazine rings is 1. The van der Waals surface area contributed by atoms with Crippen molar-refractivity contribution in [3.8, 4) is 0 Å². The molecule has 1 aliphatic heterocycles. The van der Waals surface area contributed by atoms with Crippen LogP contribution >= 0.6 is 0 Å². The highest BCUT2D eigenvalue weighted by molar-refractivity contribution is 5.77. The number of benzene rings is 1. The smallest absolute Gasteiger partial charge is 0.223 e. The fourth-order valence-corrected chi connectivity index (χ4v) is 2.41. The van der Waals surface area contributed by atoms with Crippen molar-refractivity contribution in [1.82, 2.24) is 10.2 Å². The Balaban J connectivity index is 1.87. The summed E-state index contributed by atoms with van der Waals surface area (Å²) >= 11 is 0. The third kappa shape index (κ3) is 3.33. The van der Waals surface area contributed by atoms with E-state index < -0.39 is 0 Å². The molecule has 3 heteroatoms. The van der Waals surface area contributed by atoms with Crippen LogP contribution in [-0.2, 0) is 11.2 Å². The summed E-state index contributed by atoms with van der Waals surface area (Å²) in [5.74, 6) is 0.278. The maximum atomic E-state index is 12.2. The van der Waals surface area contributed by atoms with E-state index in [9.17, 15) is 4.79 Å². The third-order valence-electron chi connectivity index (χ3n) is 3.56. The number of carbonyl (C=O) groups is 1. The van der Waals surface area contributed by atoms with E-state index in [4.69, 9.17) is 0 Å². The Morgan fingerprint density at radius 1 is 1.33 bits per heavy atom. The van der Waals surface area contributed by atoms with Gasteiger partial charge in [0.05, 0.1) is 0 Å². The molecular weight excluding hydrogens is 224 g/mol. The van der Waals surface area contributed by atoms with Gasteiger partial charge in [0, 0.05) is 31.6 Å². The molecule has 1 fully saturated rings. The van der Waals surface area contributed by atoms with Crippen LogP contribution in [0.4, 0.5) is 0 Å². The molecule has 0 spiro atoms. The average molecular weight is 246 g/mol. The number of aryl methyl sites for hydroxylation is 1. The fourth-order valence-electron chi connectivity index (χ4n) is 2.41. The first kappa shape index (κ1) is 13.1. The van der Waals surface area contributed by atoms with Crippen molar-refractivity contribution in [2.45, 2.75) is 38.8 Å². The molecule has 0 aromatic heterocycles. The maximum absolute atomic E-state index is 12.2. The fraction of sp³-hybridized carbons (Fsp3) is 0.533. The largest absolute Gasteiger partial charge is 0.337 e. The molecule has 18 heavy (non-hydrogen) atoms. The van der Waals surface area contributed by atoms with E-state index in [-0.39, 0.29) is 5.91 Å². The number of hydrogen-bond acceptors (Lipinski definition) is 2. The lowest BCUT2D eigenvalue weighted by atomic mass is 10.1. The molecule has 1 aromatic carbocycles. The summed E-state index contributed by atoms with van der Waals surface area (Å²) in [6.07, 6.45) is 1.45. The summed E-state index contributed by atoms with van der Waals surface area (Å²) < 4.78 is 0. The van der Waals surface area contributed by atoms with Gasteiger partial charge < -0.3 is 10.2 Å². The third-order valence-corrected chi connectivity index (χ3v) is 3.56. The molecule has 2 atom stereocenters. The molecule has 2 rings (SSSR count). The quantitative estimate of drug-likeness (QED) is 0.882. The van der Waals surface area contributed by atoms with Crippen LogP contribution in [0.5, 0.6) is 0 Å². The van der Waals surface area contributed by atoms with Crippen molar-refractivity contribution in [2.75, 3.05) is 13.1 Å². The summed E-state index contributed by atoms with van der Waals surface area (Å²) in [6, 6.07) is 10.9. The number of rotatable bonds is 3. The lowest BCUT2D eigenvalue weighted by Gasteiger charge is -2.37. The first-order valence-corrected chi connectivity index (χ1v) is 6.73. The average Bonchev–Trinajstić information content (AvgIpc) is 2.40. The zero-order chi connectivity index (χ0) is 13.0.